The van der Waals surface area contributed by atoms with Crippen LogP contribution in [0.4, 0.5) is 0 Å². The van der Waals surface area contributed by atoms with Crippen LogP contribution in [-0.2, 0) is 14.3 Å². The largest absolute Gasteiger partial charge is 0.463 e. The lowest BCUT2D eigenvalue weighted by Gasteiger charge is -2.30. The number of primary amides is 1. The van der Waals surface area contributed by atoms with Gasteiger partial charge in [-0.1, -0.05) is 0 Å². The molecule has 1 saturated heterocycles. The summed E-state index contributed by atoms with van der Waals surface area (Å²) in [6, 6.07) is 11.8. The van der Waals surface area contributed by atoms with E-state index in [-0.39, 0.29) is 23.3 Å². The summed E-state index contributed by atoms with van der Waals surface area (Å²) in [6.45, 7) is 0.422. The van der Waals surface area contributed by atoms with Gasteiger partial charge >= 0.3 is 5.97 Å². The predicted molar refractivity (Wildman–Crippen MR) is 124 cm³/mol. The number of nitrogens with zero attached hydrogens (tertiary/aromatic N) is 3. The molecule has 1 fully saturated rings. The minimum absolute atomic E-state index is 0.223. The van der Waals surface area contributed by atoms with Gasteiger partial charge in [0.15, 0.2) is 18.1 Å². The van der Waals surface area contributed by atoms with Gasteiger partial charge in [-0.2, -0.15) is 0 Å². The molecule has 0 saturated carbocycles. The number of rotatable bonds is 6. The zero-order valence-corrected chi connectivity index (χ0v) is 18.7. The SMILES string of the molecule is NC(=O)C1CCN(C(=O)COC(=O)c2ccc3nc(-c4ccco4)c(-c4ccco4)nc3c2)CC1. The van der Waals surface area contributed by atoms with Crippen LogP contribution in [0.2, 0.25) is 0 Å². The Hall–Kier alpha value is -4.47. The number of ether oxygens (including phenoxy) is 1. The Balaban J connectivity index is 1.33. The van der Waals surface area contributed by atoms with Crippen molar-refractivity contribution in [1.82, 2.24) is 14.9 Å². The normalized spacial score (nSPS) is 14.2. The molecule has 0 unspecified atom stereocenters. The number of nitrogens with two attached hydrogens (primary N) is 1. The Labute approximate surface area is 199 Å². The van der Waals surface area contributed by atoms with Crippen LogP contribution in [-0.4, -0.2) is 52.3 Å². The van der Waals surface area contributed by atoms with Crippen molar-refractivity contribution in [3.05, 3.63) is 60.6 Å². The van der Waals surface area contributed by atoms with Crippen LogP contribution >= 0.6 is 0 Å². The quantitative estimate of drug-likeness (QED) is 0.420. The molecule has 4 aromatic rings. The number of esters is 1. The zero-order chi connectivity index (χ0) is 24.4. The van der Waals surface area contributed by atoms with E-state index in [2.05, 4.69) is 9.97 Å². The molecule has 0 aliphatic carbocycles. The Morgan fingerprint density at radius 1 is 0.943 bits per heavy atom. The predicted octanol–water partition coefficient (Wildman–Crippen LogP) is 3.03. The topological polar surface area (TPSA) is 142 Å². The molecule has 5 rings (SSSR count). The fourth-order valence-corrected chi connectivity index (χ4v) is 4.07. The number of hydrogen-bond acceptors (Lipinski definition) is 8. The first-order chi connectivity index (χ1) is 17.0. The van der Waals surface area contributed by atoms with E-state index in [1.54, 1.807) is 53.6 Å². The van der Waals surface area contributed by atoms with E-state index in [1.807, 2.05) is 0 Å². The summed E-state index contributed by atoms with van der Waals surface area (Å²) in [5.74, 6) is -0.500. The molecule has 1 aliphatic heterocycles. The number of carbonyl (C=O) groups is 3. The number of carbonyl (C=O) groups excluding carboxylic acids is 3. The van der Waals surface area contributed by atoms with Gasteiger partial charge in [-0.3, -0.25) is 9.59 Å². The molecular weight excluding hydrogens is 452 g/mol. The second-order valence-corrected chi connectivity index (χ2v) is 8.21. The van der Waals surface area contributed by atoms with Crippen molar-refractivity contribution in [3.63, 3.8) is 0 Å². The highest BCUT2D eigenvalue weighted by Crippen LogP contribution is 2.31. The molecule has 2 N–H and O–H groups in total. The van der Waals surface area contributed by atoms with E-state index < -0.39 is 12.6 Å². The Bertz CT molecular complexity index is 1370. The van der Waals surface area contributed by atoms with Gasteiger partial charge in [0, 0.05) is 19.0 Å². The first-order valence-corrected chi connectivity index (χ1v) is 11.1. The third-order valence-corrected chi connectivity index (χ3v) is 5.99. The van der Waals surface area contributed by atoms with Crippen LogP contribution in [0, 0.1) is 5.92 Å². The standard InChI is InChI=1S/C25H22N4O6/c26-24(31)15-7-9-29(10-8-15)21(30)14-35-25(32)16-5-6-17-18(13-16)28-23(20-4-2-12-34-20)22(27-17)19-3-1-11-33-19/h1-6,11-13,15H,7-10,14H2,(H2,26,31). The molecule has 2 amide bonds. The lowest BCUT2D eigenvalue weighted by atomic mass is 9.96. The maximum absolute atomic E-state index is 12.6. The highest BCUT2D eigenvalue weighted by atomic mass is 16.5. The molecular formula is C25H22N4O6. The Morgan fingerprint density at radius 2 is 1.57 bits per heavy atom. The van der Waals surface area contributed by atoms with Gasteiger partial charge in [-0.05, 0) is 55.3 Å². The highest BCUT2D eigenvalue weighted by molar-refractivity contribution is 5.95. The van der Waals surface area contributed by atoms with Crippen LogP contribution in [0.5, 0.6) is 0 Å². The van der Waals surface area contributed by atoms with Crippen LogP contribution in [0.15, 0.2) is 63.8 Å². The number of piperidine rings is 1. The molecule has 1 aromatic carbocycles. The third kappa shape index (κ3) is 4.63. The Morgan fingerprint density at radius 3 is 2.14 bits per heavy atom. The molecule has 0 bridgehead atoms. The summed E-state index contributed by atoms with van der Waals surface area (Å²) in [7, 11) is 0. The van der Waals surface area contributed by atoms with E-state index >= 15 is 0 Å². The van der Waals surface area contributed by atoms with E-state index in [0.29, 0.717) is 59.9 Å². The smallest absolute Gasteiger partial charge is 0.338 e. The number of amides is 2. The number of fused-ring (bicyclic) bond motifs is 1. The average Bonchev–Trinajstić information content (AvgIpc) is 3.61. The zero-order valence-electron chi connectivity index (χ0n) is 18.7. The van der Waals surface area contributed by atoms with E-state index in [4.69, 9.17) is 19.3 Å². The minimum atomic E-state index is -0.649. The van der Waals surface area contributed by atoms with Gasteiger partial charge < -0.3 is 24.2 Å². The minimum Gasteiger partial charge on any atom is -0.463 e. The maximum atomic E-state index is 12.6. The molecule has 0 spiro atoms. The molecule has 4 heterocycles. The maximum Gasteiger partial charge on any atom is 0.338 e. The van der Waals surface area contributed by atoms with Gasteiger partial charge in [0.05, 0.1) is 29.1 Å². The molecule has 10 heteroatoms. The van der Waals surface area contributed by atoms with Crippen LogP contribution in [0.25, 0.3) is 33.9 Å². The van der Waals surface area contributed by atoms with Gasteiger partial charge in [0.1, 0.15) is 11.4 Å². The van der Waals surface area contributed by atoms with Crippen molar-refractivity contribution in [1.29, 1.82) is 0 Å². The number of aromatic nitrogens is 2. The summed E-state index contributed by atoms with van der Waals surface area (Å²) in [5, 5.41) is 0. The van der Waals surface area contributed by atoms with Gasteiger partial charge in [0.25, 0.3) is 5.91 Å². The second kappa shape index (κ2) is 9.41. The first-order valence-electron chi connectivity index (χ1n) is 11.1. The molecule has 3 aromatic heterocycles. The number of furan rings is 2. The lowest BCUT2D eigenvalue weighted by Crippen LogP contribution is -2.43. The number of benzene rings is 1. The summed E-state index contributed by atoms with van der Waals surface area (Å²) in [4.78, 5) is 47.3. The molecule has 0 radical (unpaired) electrons. The summed E-state index contributed by atoms with van der Waals surface area (Å²) in [6.07, 6.45) is 4.11. The van der Waals surface area contributed by atoms with Crippen molar-refractivity contribution in [2.45, 2.75) is 12.8 Å². The summed E-state index contributed by atoms with van der Waals surface area (Å²) in [5.41, 5.74) is 7.56. The summed E-state index contributed by atoms with van der Waals surface area (Å²) < 4.78 is 16.3. The molecule has 178 valence electrons. The third-order valence-electron chi connectivity index (χ3n) is 5.99. The van der Waals surface area contributed by atoms with Gasteiger partial charge in [-0.15, -0.1) is 0 Å². The molecule has 1 aliphatic rings. The van der Waals surface area contributed by atoms with Crippen LogP contribution < -0.4 is 5.73 Å². The van der Waals surface area contributed by atoms with E-state index in [0.717, 1.165) is 0 Å². The summed E-state index contributed by atoms with van der Waals surface area (Å²) >= 11 is 0. The van der Waals surface area contributed by atoms with Gasteiger partial charge in [0.2, 0.25) is 5.91 Å². The van der Waals surface area contributed by atoms with Crippen molar-refractivity contribution in [2.75, 3.05) is 19.7 Å². The van der Waals surface area contributed by atoms with E-state index in [9.17, 15) is 14.4 Å². The molecule has 35 heavy (non-hydrogen) atoms. The fourth-order valence-electron chi connectivity index (χ4n) is 4.07. The van der Waals surface area contributed by atoms with Crippen molar-refractivity contribution in [2.24, 2.45) is 11.7 Å². The fraction of sp³-hybridized carbons (Fsp3) is 0.240. The van der Waals surface area contributed by atoms with Crippen molar-refractivity contribution >= 4 is 28.8 Å². The average molecular weight is 474 g/mol. The van der Waals surface area contributed by atoms with Crippen molar-refractivity contribution < 1.29 is 28.0 Å². The first kappa shape index (κ1) is 22.3. The monoisotopic (exact) mass is 474 g/mol. The lowest BCUT2D eigenvalue weighted by molar-refractivity contribution is -0.137. The van der Waals surface area contributed by atoms with Crippen molar-refractivity contribution in [3.8, 4) is 22.9 Å². The number of likely N-dealkylation sites (tertiary alicyclic amines) is 1. The van der Waals surface area contributed by atoms with Crippen LogP contribution in [0.1, 0.15) is 23.2 Å². The molecule has 10 nitrogen and oxygen atoms in total. The number of hydrogen-bond donors (Lipinski definition) is 1. The van der Waals surface area contributed by atoms with Crippen LogP contribution in [0.3, 0.4) is 0 Å². The van der Waals surface area contributed by atoms with E-state index in [1.165, 1.54) is 6.26 Å². The Kier molecular flexibility index (Phi) is 6.01. The highest BCUT2D eigenvalue weighted by Gasteiger charge is 2.26. The second-order valence-electron chi connectivity index (χ2n) is 8.21. The molecule has 0 atom stereocenters. The van der Waals surface area contributed by atoms with Gasteiger partial charge in [-0.25, -0.2) is 14.8 Å².